The molecule has 0 bridgehead atoms. The highest BCUT2D eigenvalue weighted by Crippen LogP contribution is 2.16. The lowest BCUT2D eigenvalue weighted by molar-refractivity contribution is 0.159. The smallest absolute Gasteiger partial charge is 0.216 e. The monoisotopic (exact) mass is 565 g/mol. The number of rotatable bonds is 10. The molecule has 0 aliphatic carbocycles. The van der Waals surface area contributed by atoms with E-state index in [1.54, 1.807) is 7.05 Å². The van der Waals surface area contributed by atoms with E-state index in [2.05, 4.69) is 32.2 Å². The van der Waals surface area contributed by atoms with Crippen LogP contribution in [-0.2, 0) is 22.3 Å². The quantitative estimate of drug-likeness (QED) is 0.176. The minimum atomic E-state index is -3.36. The van der Waals surface area contributed by atoms with Crippen LogP contribution < -0.4 is 15.4 Å². The summed E-state index contributed by atoms with van der Waals surface area (Å²) >= 11 is 0. The summed E-state index contributed by atoms with van der Waals surface area (Å²) in [5.41, 5.74) is 1.75. The molecule has 1 aliphatic heterocycles. The molecule has 1 heterocycles. The summed E-state index contributed by atoms with van der Waals surface area (Å²) < 4.78 is 27.3. The third kappa shape index (κ3) is 10.5. The van der Waals surface area contributed by atoms with Gasteiger partial charge in [-0.3, -0.25) is 4.99 Å². The van der Waals surface area contributed by atoms with Gasteiger partial charge in [-0.05, 0) is 57.7 Å². The normalized spacial score (nSPS) is 18.0. The standard InChI is InChI=1S/C22H39N5O2S.HI/c1-18(2)26-30(28,29)17-21-12-6-5-11-20(21)16-25-22(23-4)24-13-9-15-27-14-8-7-10-19(27)3;/h5-6,11-12,18-19,26H,7-10,13-17H2,1-4H3,(H2,23,24,25);1H. The molecule has 0 radical (unpaired) electrons. The maximum absolute atomic E-state index is 12.3. The number of likely N-dealkylation sites (tertiary alicyclic amines) is 1. The fourth-order valence-corrected chi connectivity index (χ4v) is 5.35. The van der Waals surface area contributed by atoms with Crippen LogP contribution in [0.25, 0.3) is 0 Å². The molecule has 9 heteroatoms. The predicted molar refractivity (Wildman–Crippen MR) is 140 cm³/mol. The average molecular weight is 566 g/mol. The zero-order valence-corrected chi connectivity index (χ0v) is 22.5. The first-order chi connectivity index (χ1) is 14.3. The highest BCUT2D eigenvalue weighted by Gasteiger charge is 2.17. The third-order valence-corrected chi connectivity index (χ3v) is 6.93. The van der Waals surface area contributed by atoms with Gasteiger partial charge >= 0.3 is 0 Å². The van der Waals surface area contributed by atoms with Crippen molar-refractivity contribution >= 4 is 40.0 Å². The lowest BCUT2D eigenvalue weighted by Crippen LogP contribution is -2.41. The molecule has 1 aromatic rings. The number of nitrogens with zero attached hydrogens (tertiary/aromatic N) is 2. The summed E-state index contributed by atoms with van der Waals surface area (Å²) in [6, 6.07) is 8.20. The second-order valence-electron chi connectivity index (χ2n) is 8.39. The molecule has 1 atom stereocenters. The van der Waals surface area contributed by atoms with Crippen LogP contribution >= 0.6 is 24.0 Å². The number of hydrogen-bond acceptors (Lipinski definition) is 4. The second kappa shape index (κ2) is 14.3. The van der Waals surface area contributed by atoms with Gasteiger partial charge in [-0.2, -0.15) is 0 Å². The number of aliphatic imine (C=N–C) groups is 1. The minimum Gasteiger partial charge on any atom is -0.356 e. The van der Waals surface area contributed by atoms with Crippen molar-refractivity contribution < 1.29 is 8.42 Å². The van der Waals surface area contributed by atoms with Crippen LogP contribution in [0.4, 0.5) is 0 Å². The van der Waals surface area contributed by atoms with Gasteiger partial charge in [0, 0.05) is 38.8 Å². The van der Waals surface area contributed by atoms with E-state index in [1.807, 2.05) is 38.1 Å². The first kappa shape index (κ1) is 28.1. The van der Waals surface area contributed by atoms with Crippen LogP contribution in [0.5, 0.6) is 0 Å². The summed E-state index contributed by atoms with van der Waals surface area (Å²) in [6.07, 6.45) is 5.03. The molecule has 0 spiro atoms. The molecule has 1 aromatic carbocycles. The Morgan fingerprint density at radius 2 is 1.90 bits per heavy atom. The highest BCUT2D eigenvalue weighted by atomic mass is 127. The number of guanidine groups is 1. The Morgan fingerprint density at radius 3 is 2.55 bits per heavy atom. The molecule has 2 rings (SSSR count). The van der Waals surface area contributed by atoms with Crippen molar-refractivity contribution in [3.05, 3.63) is 35.4 Å². The maximum atomic E-state index is 12.3. The summed E-state index contributed by atoms with van der Waals surface area (Å²) in [4.78, 5) is 6.87. The summed E-state index contributed by atoms with van der Waals surface area (Å²) in [5.74, 6) is 0.711. The molecule has 1 aliphatic rings. The van der Waals surface area contributed by atoms with Crippen molar-refractivity contribution in [2.24, 2.45) is 4.99 Å². The zero-order chi connectivity index (χ0) is 22.0. The predicted octanol–water partition coefficient (Wildman–Crippen LogP) is 3.06. The Kier molecular flexibility index (Phi) is 13.0. The minimum absolute atomic E-state index is 0. The number of piperidine rings is 1. The largest absolute Gasteiger partial charge is 0.356 e. The van der Waals surface area contributed by atoms with Crippen molar-refractivity contribution in [3.8, 4) is 0 Å². The summed E-state index contributed by atoms with van der Waals surface area (Å²) in [6.45, 7) is 9.67. The van der Waals surface area contributed by atoms with Crippen molar-refractivity contribution in [2.75, 3.05) is 26.7 Å². The van der Waals surface area contributed by atoms with Gasteiger partial charge in [0.2, 0.25) is 10.0 Å². The summed E-state index contributed by atoms with van der Waals surface area (Å²) in [5, 5.41) is 6.68. The maximum Gasteiger partial charge on any atom is 0.216 e. The SMILES string of the molecule is CN=C(NCCCN1CCCCC1C)NCc1ccccc1CS(=O)(=O)NC(C)C.I. The Balaban J connectivity index is 0.00000480. The van der Waals surface area contributed by atoms with Crippen LogP contribution in [0.2, 0.25) is 0 Å². The molecule has 0 saturated carbocycles. The van der Waals surface area contributed by atoms with E-state index in [-0.39, 0.29) is 35.8 Å². The van der Waals surface area contributed by atoms with Crippen molar-refractivity contribution in [1.29, 1.82) is 0 Å². The zero-order valence-electron chi connectivity index (χ0n) is 19.4. The molecule has 0 aromatic heterocycles. The van der Waals surface area contributed by atoms with Crippen LogP contribution in [0, 0.1) is 0 Å². The molecule has 1 saturated heterocycles. The van der Waals surface area contributed by atoms with E-state index < -0.39 is 10.0 Å². The number of hydrogen-bond donors (Lipinski definition) is 3. The molecule has 1 unspecified atom stereocenters. The van der Waals surface area contributed by atoms with Crippen LogP contribution in [0.15, 0.2) is 29.3 Å². The lowest BCUT2D eigenvalue weighted by Gasteiger charge is -2.33. The van der Waals surface area contributed by atoms with Crippen LogP contribution in [-0.4, -0.2) is 58.0 Å². The van der Waals surface area contributed by atoms with Gasteiger partial charge in [-0.25, -0.2) is 13.1 Å². The Labute approximate surface area is 205 Å². The van der Waals surface area contributed by atoms with E-state index >= 15 is 0 Å². The number of halogens is 1. The van der Waals surface area contributed by atoms with Gasteiger partial charge < -0.3 is 15.5 Å². The Bertz CT molecular complexity index is 786. The van der Waals surface area contributed by atoms with E-state index in [1.165, 1.54) is 25.8 Å². The number of sulfonamides is 1. The first-order valence-electron chi connectivity index (χ1n) is 11.1. The molecule has 0 amide bonds. The summed E-state index contributed by atoms with van der Waals surface area (Å²) in [7, 11) is -1.61. The van der Waals surface area contributed by atoms with Crippen LogP contribution in [0.1, 0.15) is 57.6 Å². The van der Waals surface area contributed by atoms with Crippen molar-refractivity contribution in [2.45, 2.75) is 70.8 Å². The number of benzene rings is 1. The molecular weight excluding hydrogens is 525 g/mol. The van der Waals surface area contributed by atoms with Gasteiger partial charge in [0.05, 0.1) is 5.75 Å². The van der Waals surface area contributed by atoms with E-state index in [0.29, 0.717) is 12.6 Å². The lowest BCUT2D eigenvalue weighted by atomic mass is 10.0. The van der Waals surface area contributed by atoms with E-state index in [9.17, 15) is 8.42 Å². The molecular formula is C22H40IN5O2S. The topological polar surface area (TPSA) is 85.8 Å². The fraction of sp³-hybridized carbons (Fsp3) is 0.682. The average Bonchev–Trinajstić information content (AvgIpc) is 2.68. The van der Waals surface area contributed by atoms with Gasteiger partial charge in [0.1, 0.15) is 0 Å². The molecule has 3 N–H and O–H groups in total. The van der Waals surface area contributed by atoms with Gasteiger partial charge in [-0.1, -0.05) is 30.7 Å². The van der Waals surface area contributed by atoms with Crippen LogP contribution in [0.3, 0.4) is 0 Å². The molecule has 7 nitrogen and oxygen atoms in total. The number of nitrogens with one attached hydrogen (secondary N) is 3. The van der Waals surface area contributed by atoms with Crippen molar-refractivity contribution in [1.82, 2.24) is 20.3 Å². The Morgan fingerprint density at radius 1 is 1.19 bits per heavy atom. The third-order valence-electron chi connectivity index (χ3n) is 5.40. The molecule has 31 heavy (non-hydrogen) atoms. The second-order valence-corrected chi connectivity index (χ2v) is 10.1. The molecule has 178 valence electrons. The first-order valence-corrected chi connectivity index (χ1v) is 12.7. The highest BCUT2D eigenvalue weighted by molar-refractivity contribution is 14.0. The van der Waals surface area contributed by atoms with Gasteiger partial charge in [0.15, 0.2) is 5.96 Å². The Hall–Kier alpha value is -0.910. The fourth-order valence-electron chi connectivity index (χ4n) is 3.85. The van der Waals surface area contributed by atoms with E-state index in [4.69, 9.17) is 0 Å². The van der Waals surface area contributed by atoms with Gasteiger partial charge in [-0.15, -0.1) is 24.0 Å². The van der Waals surface area contributed by atoms with Crippen molar-refractivity contribution in [3.63, 3.8) is 0 Å². The van der Waals surface area contributed by atoms with Gasteiger partial charge in [0.25, 0.3) is 0 Å². The van der Waals surface area contributed by atoms with E-state index in [0.717, 1.165) is 36.6 Å². The molecule has 1 fully saturated rings.